The Kier molecular flexibility index (Phi) is 7.14. The Morgan fingerprint density at radius 1 is 1.00 bits per heavy atom. The van der Waals surface area contributed by atoms with Gasteiger partial charge in [-0.1, -0.05) is 42.5 Å². The van der Waals surface area contributed by atoms with Gasteiger partial charge in [-0.15, -0.1) is 0 Å². The van der Waals surface area contributed by atoms with E-state index in [0.29, 0.717) is 29.3 Å². The highest BCUT2D eigenvalue weighted by molar-refractivity contribution is 5.85. The zero-order chi connectivity index (χ0) is 23.9. The SMILES string of the molecule is Nc1nc(Oc2ccc(CC(=O)C[C@@H](COCc3ccccc3)C(=O)O)cc2)c2cc[nH]c2n1. The van der Waals surface area contributed by atoms with Crippen LogP contribution in [0.2, 0.25) is 0 Å². The van der Waals surface area contributed by atoms with E-state index in [1.54, 1.807) is 36.5 Å². The number of aromatic amines is 1. The molecule has 4 aromatic rings. The van der Waals surface area contributed by atoms with E-state index in [1.807, 2.05) is 30.3 Å². The number of nitrogens with two attached hydrogens (primary N) is 1. The molecule has 0 unspecified atom stereocenters. The molecule has 34 heavy (non-hydrogen) atoms. The van der Waals surface area contributed by atoms with Crippen LogP contribution in [-0.4, -0.2) is 38.4 Å². The third-order valence-corrected chi connectivity index (χ3v) is 5.19. The number of H-pyrrole nitrogens is 1. The molecule has 0 saturated heterocycles. The van der Waals surface area contributed by atoms with Gasteiger partial charge in [-0.2, -0.15) is 9.97 Å². The van der Waals surface area contributed by atoms with E-state index < -0.39 is 11.9 Å². The Bertz CT molecular complexity index is 1270. The van der Waals surface area contributed by atoms with Gasteiger partial charge in [-0.25, -0.2) is 0 Å². The first-order valence-corrected chi connectivity index (χ1v) is 10.7. The zero-order valence-corrected chi connectivity index (χ0v) is 18.3. The first kappa shape index (κ1) is 22.9. The number of rotatable bonds is 11. The number of fused-ring (bicyclic) bond motifs is 1. The number of nitrogen functional groups attached to an aromatic ring is 1. The number of ether oxygens (including phenoxy) is 2. The molecule has 1 atom stereocenters. The molecule has 0 amide bonds. The number of ketones is 1. The number of hydrogen-bond donors (Lipinski definition) is 3. The largest absolute Gasteiger partial charge is 0.481 e. The lowest BCUT2D eigenvalue weighted by atomic mass is 9.99. The summed E-state index contributed by atoms with van der Waals surface area (Å²) in [7, 11) is 0. The van der Waals surface area contributed by atoms with Crippen molar-refractivity contribution in [2.45, 2.75) is 19.4 Å². The summed E-state index contributed by atoms with van der Waals surface area (Å²) in [6, 6.07) is 18.2. The van der Waals surface area contributed by atoms with Gasteiger partial charge in [-0.05, 0) is 29.3 Å². The maximum absolute atomic E-state index is 12.5. The number of hydrogen-bond acceptors (Lipinski definition) is 7. The molecule has 0 bridgehead atoms. The molecule has 9 nitrogen and oxygen atoms in total. The quantitative estimate of drug-likeness (QED) is 0.307. The molecule has 0 spiro atoms. The number of aliphatic carboxylic acids is 1. The van der Waals surface area contributed by atoms with Crippen molar-refractivity contribution in [1.82, 2.24) is 15.0 Å². The van der Waals surface area contributed by atoms with Gasteiger partial charge in [-0.3, -0.25) is 9.59 Å². The van der Waals surface area contributed by atoms with Gasteiger partial charge in [0.2, 0.25) is 11.8 Å². The number of nitrogens with one attached hydrogen (secondary N) is 1. The van der Waals surface area contributed by atoms with Crippen LogP contribution < -0.4 is 10.5 Å². The summed E-state index contributed by atoms with van der Waals surface area (Å²) in [5.74, 6) is -1.19. The molecular formula is C25H24N4O5. The number of carboxylic acid groups (broad SMARTS) is 1. The molecule has 2 aromatic carbocycles. The number of carbonyl (C=O) groups is 2. The lowest BCUT2D eigenvalue weighted by molar-refractivity contribution is -0.146. The predicted octanol–water partition coefficient (Wildman–Crippen LogP) is 3.75. The Labute approximate surface area is 195 Å². The minimum Gasteiger partial charge on any atom is -0.481 e. The van der Waals surface area contributed by atoms with Gasteiger partial charge >= 0.3 is 5.97 Å². The van der Waals surface area contributed by atoms with Crippen LogP contribution in [0.25, 0.3) is 11.0 Å². The molecule has 0 aliphatic heterocycles. The van der Waals surface area contributed by atoms with E-state index in [9.17, 15) is 14.7 Å². The second-order valence-corrected chi connectivity index (χ2v) is 7.83. The van der Waals surface area contributed by atoms with E-state index in [1.165, 1.54) is 0 Å². The highest BCUT2D eigenvalue weighted by atomic mass is 16.5. The number of carboxylic acids is 1. The number of benzene rings is 2. The normalized spacial score (nSPS) is 11.9. The lowest BCUT2D eigenvalue weighted by Crippen LogP contribution is -2.23. The van der Waals surface area contributed by atoms with Crippen LogP contribution in [0.1, 0.15) is 17.5 Å². The fourth-order valence-corrected chi connectivity index (χ4v) is 3.48. The smallest absolute Gasteiger partial charge is 0.309 e. The minimum absolute atomic E-state index is 0.0293. The highest BCUT2D eigenvalue weighted by Crippen LogP contribution is 2.27. The summed E-state index contributed by atoms with van der Waals surface area (Å²) in [5, 5.41) is 10.2. The van der Waals surface area contributed by atoms with Crippen LogP contribution in [0.15, 0.2) is 66.9 Å². The number of Topliss-reactive ketones (excluding diaryl/α,β-unsaturated/α-hetero) is 1. The fourth-order valence-electron chi connectivity index (χ4n) is 3.48. The topological polar surface area (TPSA) is 140 Å². The Morgan fingerprint density at radius 2 is 1.76 bits per heavy atom. The van der Waals surface area contributed by atoms with Crippen LogP contribution in [0.3, 0.4) is 0 Å². The molecular weight excluding hydrogens is 436 g/mol. The van der Waals surface area contributed by atoms with Crippen molar-refractivity contribution >= 4 is 28.7 Å². The fraction of sp³-hybridized carbons (Fsp3) is 0.200. The summed E-state index contributed by atoms with van der Waals surface area (Å²) >= 11 is 0. The van der Waals surface area contributed by atoms with Gasteiger partial charge in [0.25, 0.3) is 0 Å². The van der Waals surface area contributed by atoms with Crippen LogP contribution in [-0.2, 0) is 27.4 Å². The molecule has 2 aromatic heterocycles. The first-order valence-electron chi connectivity index (χ1n) is 10.7. The average Bonchev–Trinajstić information content (AvgIpc) is 3.29. The van der Waals surface area contributed by atoms with Gasteiger partial charge in [0.1, 0.15) is 17.2 Å². The zero-order valence-electron chi connectivity index (χ0n) is 18.3. The molecule has 174 valence electrons. The van der Waals surface area contributed by atoms with Gasteiger partial charge in [0.15, 0.2) is 0 Å². The van der Waals surface area contributed by atoms with Gasteiger partial charge in [0.05, 0.1) is 24.5 Å². The number of anilines is 1. The van der Waals surface area contributed by atoms with Crippen LogP contribution in [0, 0.1) is 5.92 Å². The van der Waals surface area contributed by atoms with Gasteiger partial charge < -0.3 is 25.3 Å². The summed E-state index contributed by atoms with van der Waals surface area (Å²) in [6.45, 7) is 0.270. The molecule has 4 rings (SSSR count). The third-order valence-electron chi connectivity index (χ3n) is 5.19. The summed E-state index contributed by atoms with van der Waals surface area (Å²) < 4.78 is 11.4. The number of nitrogens with zero attached hydrogens (tertiary/aromatic N) is 2. The van der Waals surface area contributed by atoms with E-state index >= 15 is 0 Å². The van der Waals surface area contributed by atoms with Crippen molar-refractivity contribution in [3.05, 3.63) is 78.0 Å². The van der Waals surface area contributed by atoms with Crippen molar-refractivity contribution in [3.63, 3.8) is 0 Å². The Hall–Kier alpha value is -4.24. The minimum atomic E-state index is -1.05. The monoisotopic (exact) mass is 460 g/mol. The molecule has 0 aliphatic rings. The number of carbonyl (C=O) groups excluding carboxylic acids is 1. The van der Waals surface area contributed by atoms with Crippen molar-refractivity contribution < 1.29 is 24.2 Å². The summed E-state index contributed by atoms with van der Waals surface area (Å²) in [5.41, 5.74) is 8.00. The highest BCUT2D eigenvalue weighted by Gasteiger charge is 2.22. The van der Waals surface area contributed by atoms with Crippen molar-refractivity contribution in [1.29, 1.82) is 0 Å². The van der Waals surface area contributed by atoms with E-state index in [-0.39, 0.29) is 31.2 Å². The van der Waals surface area contributed by atoms with E-state index in [2.05, 4.69) is 15.0 Å². The van der Waals surface area contributed by atoms with Gasteiger partial charge in [0, 0.05) is 19.0 Å². The molecule has 0 radical (unpaired) electrons. The second kappa shape index (κ2) is 10.6. The van der Waals surface area contributed by atoms with E-state index in [4.69, 9.17) is 15.2 Å². The molecule has 9 heteroatoms. The lowest BCUT2D eigenvalue weighted by Gasteiger charge is -2.13. The molecule has 4 N–H and O–H groups in total. The molecule has 0 aliphatic carbocycles. The summed E-state index contributed by atoms with van der Waals surface area (Å²) in [4.78, 5) is 35.3. The van der Waals surface area contributed by atoms with Crippen LogP contribution >= 0.6 is 0 Å². The summed E-state index contributed by atoms with van der Waals surface area (Å²) in [6.07, 6.45) is 1.73. The maximum atomic E-state index is 12.5. The van der Waals surface area contributed by atoms with Crippen molar-refractivity contribution in [2.24, 2.45) is 5.92 Å². The first-order chi connectivity index (χ1) is 16.5. The second-order valence-electron chi connectivity index (χ2n) is 7.83. The molecule has 0 fully saturated rings. The Morgan fingerprint density at radius 3 is 2.50 bits per heavy atom. The molecule has 0 saturated carbocycles. The maximum Gasteiger partial charge on any atom is 0.309 e. The van der Waals surface area contributed by atoms with Crippen molar-refractivity contribution in [3.8, 4) is 11.6 Å². The predicted molar refractivity (Wildman–Crippen MR) is 125 cm³/mol. The molecule has 2 heterocycles. The standard InChI is InChI=1S/C25H24N4O5/c26-25-28-22-21(10-11-27-22)23(29-25)34-20-8-6-16(7-9-20)12-19(30)13-18(24(31)32)15-33-14-17-4-2-1-3-5-17/h1-11,18H,12-15H2,(H,31,32)(H3,26,27,28,29)/t18-/m0/s1. The van der Waals surface area contributed by atoms with Crippen LogP contribution in [0.4, 0.5) is 5.95 Å². The average molecular weight is 460 g/mol. The van der Waals surface area contributed by atoms with Crippen molar-refractivity contribution in [2.75, 3.05) is 12.3 Å². The van der Waals surface area contributed by atoms with E-state index in [0.717, 1.165) is 11.1 Å². The third kappa shape index (κ3) is 5.96. The Balaban J connectivity index is 1.31. The number of aromatic nitrogens is 3. The van der Waals surface area contributed by atoms with Crippen LogP contribution in [0.5, 0.6) is 11.6 Å².